The van der Waals surface area contributed by atoms with Gasteiger partial charge in [0.1, 0.15) is 0 Å². The van der Waals surface area contributed by atoms with Crippen molar-refractivity contribution in [1.29, 1.82) is 0 Å². The van der Waals surface area contributed by atoms with Crippen LogP contribution in [0.1, 0.15) is 11.1 Å². The monoisotopic (exact) mass is 387 g/mol. The molecule has 1 N–H and O–H groups in total. The summed E-state index contributed by atoms with van der Waals surface area (Å²) in [4.78, 5) is 19.1. The average molecular weight is 388 g/mol. The summed E-state index contributed by atoms with van der Waals surface area (Å²) in [5, 5.41) is 11.6. The van der Waals surface area contributed by atoms with Gasteiger partial charge in [0.2, 0.25) is 11.8 Å². The van der Waals surface area contributed by atoms with E-state index in [2.05, 4.69) is 4.98 Å². The van der Waals surface area contributed by atoms with E-state index in [1.165, 1.54) is 0 Å². The summed E-state index contributed by atoms with van der Waals surface area (Å²) in [5.41, 5.74) is 1.64. The Balaban J connectivity index is 1.75. The maximum absolute atomic E-state index is 12.9. The largest absolute Gasteiger partial charge is 0.493 e. The Kier molecular flexibility index (Phi) is 4.34. The third-order valence-electron chi connectivity index (χ3n) is 4.47. The summed E-state index contributed by atoms with van der Waals surface area (Å²) in [7, 11) is 0. The van der Waals surface area contributed by atoms with Gasteiger partial charge in [0, 0.05) is 35.2 Å². The summed E-state index contributed by atoms with van der Waals surface area (Å²) >= 11 is 12.1. The quantitative estimate of drug-likeness (QED) is 0.737. The van der Waals surface area contributed by atoms with Crippen LogP contribution in [0.15, 0.2) is 53.3 Å². The molecule has 2 aromatic carbocycles. The van der Waals surface area contributed by atoms with E-state index in [0.717, 1.165) is 11.3 Å². The smallest absolute Gasteiger partial charge is 0.262 e. The average Bonchev–Trinajstić information content (AvgIpc) is 3.04. The molecule has 0 spiro atoms. The molecular weight excluding hydrogens is 373 g/mol. The second kappa shape index (κ2) is 6.67. The Bertz CT molecular complexity index is 1030. The maximum atomic E-state index is 12.9. The molecule has 2 heterocycles. The fourth-order valence-electron chi connectivity index (χ4n) is 3.13. The minimum atomic E-state index is -0.262. The van der Waals surface area contributed by atoms with Crippen LogP contribution in [0.2, 0.25) is 10.0 Å². The predicted octanol–water partition coefficient (Wildman–Crippen LogP) is 4.00. The Labute approximate surface area is 160 Å². The van der Waals surface area contributed by atoms with Gasteiger partial charge in [-0.15, -0.1) is 0 Å². The number of nitrogens with zero attached hydrogens (tertiary/aromatic N) is 3. The van der Waals surface area contributed by atoms with Crippen molar-refractivity contribution in [2.24, 2.45) is 0 Å². The molecule has 7 heteroatoms. The molecule has 0 radical (unpaired) electrons. The highest BCUT2D eigenvalue weighted by atomic mass is 35.5. The van der Waals surface area contributed by atoms with Crippen molar-refractivity contribution in [2.75, 3.05) is 11.4 Å². The van der Waals surface area contributed by atoms with Gasteiger partial charge in [-0.1, -0.05) is 41.4 Å². The molecule has 1 aliphatic heterocycles. The van der Waals surface area contributed by atoms with E-state index < -0.39 is 0 Å². The number of fused-ring (bicyclic) bond motifs is 1. The minimum absolute atomic E-state index is 0.235. The number of aromatic hydroxyl groups is 1. The highest BCUT2D eigenvalue weighted by molar-refractivity contribution is 6.31. The number of aromatic nitrogens is 2. The van der Waals surface area contributed by atoms with Crippen molar-refractivity contribution >= 4 is 34.8 Å². The first-order valence-corrected chi connectivity index (χ1v) is 8.89. The van der Waals surface area contributed by atoms with Crippen LogP contribution in [-0.4, -0.2) is 21.2 Å². The van der Waals surface area contributed by atoms with Crippen molar-refractivity contribution in [1.82, 2.24) is 9.55 Å². The molecule has 0 unspecified atom stereocenters. The first-order chi connectivity index (χ1) is 12.5. The molecule has 0 aliphatic carbocycles. The predicted molar refractivity (Wildman–Crippen MR) is 103 cm³/mol. The molecule has 0 atom stereocenters. The minimum Gasteiger partial charge on any atom is -0.493 e. The summed E-state index contributed by atoms with van der Waals surface area (Å²) in [6, 6.07) is 14.5. The second-order valence-electron chi connectivity index (χ2n) is 6.07. The molecule has 3 aromatic rings. The lowest BCUT2D eigenvalue weighted by Crippen LogP contribution is -2.24. The van der Waals surface area contributed by atoms with Crippen LogP contribution < -0.4 is 10.5 Å². The van der Waals surface area contributed by atoms with Gasteiger partial charge in [-0.2, -0.15) is 4.98 Å². The van der Waals surface area contributed by atoms with Crippen LogP contribution in [0.4, 0.5) is 11.6 Å². The van der Waals surface area contributed by atoms with E-state index in [4.69, 9.17) is 23.2 Å². The van der Waals surface area contributed by atoms with Gasteiger partial charge >= 0.3 is 0 Å². The van der Waals surface area contributed by atoms with Gasteiger partial charge in [0.05, 0.1) is 5.56 Å². The third kappa shape index (κ3) is 2.93. The molecule has 0 bridgehead atoms. The Morgan fingerprint density at radius 3 is 2.50 bits per heavy atom. The van der Waals surface area contributed by atoms with Crippen molar-refractivity contribution in [3.63, 3.8) is 0 Å². The first-order valence-electron chi connectivity index (χ1n) is 8.14. The lowest BCUT2D eigenvalue weighted by atomic mass is 10.1. The van der Waals surface area contributed by atoms with Crippen LogP contribution in [0.3, 0.4) is 0 Å². The van der Waals surface area contributed by atoms with Gasteiger partial charge in [0.25, 0.3) is 5.56 Å². The molecular formula is C19H15Cl2N3O2. The van der Waals surface area contributed by atoms with Crippen LogP contribution in [0, 0.1) is 0 Å². The fraction of sp³-hybridized carbons (Fsp3) is 0.158. The molecule has 26 heavy (non-hydrogen) atoms. The normalized spacial score (nSPS) is 13.1. The summed E-state index contributed by atoms with van der Waals surface area (Å²) < 4.78 is 1.58. The molecule has 0 amide bonds. The van der Waals surface area contributed by atoms with Crippen molar-refractivity contribution in [3.05, 3.63) is 80.1 Å². The zero-order valence-corrected chi connectivity index (χ0v) is 15.2. The Morgan fingerprint density at radius 2 is 1.77 bits per heavy atom. The third-order valence-corrected chi connectivity index (χ3v) is 5.09. The van der Waals surface area contributed by atoms with Gasteiger partial charge in [0.15, 0.2) is 0 Å². The molecule has 0 fully saturated rings. The fourth-order valence-corrected chi connectivity index (χ4v) is 3.46. The number of anilines is 2. The summed E-state index contributed by atoms with van der Waals surface area (Å²) in [5.74, 6) is 0.166. The zero-order chi connectivity index (χ0) is 18.3. The Hall–Kier alpha value is -2.50. The van der Waals surface area contributed by atoms with E-state index in [-0.39, 0.29) is 23.4 Å². The molecule has 5 nitrogen and oxygen atoms in total. The standard InChI is InChI=1S/C19H15Cl2N3O2/c20-13-5-7-14(8-6-13)23-9-10-24-18(26)15(17(25)22-19(23)24)11-12-3-1-2-4-16(12)21/h1-8,25H,9-11H2. The van der Waals surface area contributed by atoms with E-state index >= 15 is 0 Å². The summed E-state index contributed by atoms with van der Waals surface area (Å²) in [6.45, 7) is 1.10. The van der Waals surface area contributed by atoms with Crippen LogP contribution in [-0.2, 0) is 13.0 Å². The van der Waals surface area contributed by atoms with Crippen LogP contribution >= 0.6 is 23.2 Å². The highest BCUT2D eigenvalue weighted by Crippen LogP contribution is 2.31. The molecule has 132 valence electrons. The molecule has 1 aliphatic rings. The Morgan fingerprint density at radius 1 is 1.04 bits per heavy atom. The lowest BCUT2D eigenvalue weighted by Gasteiger charge is -2.18. The van der Waals surface area contributed by atoms with Crippen molar-refractivity contribution < 1.29 is 5.11 Å². The van der Waals surface area contributed by atoms with Crippen LogP contribution in [0.25, 0.3) is 0 Å². The molecule has 1 aromatic heterocycles. The second-order valence-corrected chi connectivity index (χ2v) is 6.91. The van der Waals surface area contributed by atoms with E-state index in [0.29, 0.717) is 29.1 Å². The maximum Gasteiger partial charge on any atom is 0.262 e. The first kappa shape index (κ1) is 16.9. The highest BCUT2D eigenvalue weighted by Gasteiger charge is 2.27. The van der Waals surface area contributed by atoms with Gasteiger partial charge in [-0.3, -0.25) is 9.36 Å². The molecule has 0 saturated carbocycles. The van der Waals surface area contributed by atoms with Gasteiger partial charge in [-0.05, 0) is 35.9 Å². The zero-order valence-electron chi connectivity index (χ0n) is 13.7. The van der Waals surface area contributed by atoms with E-state index in [9.17, 15) is 9.90 Å². The van der Waals surface area contributed by atoms with Gasteiger partial charge < -0.3 is 10.0 Å². The number of halogens is 2. The van der Waals surface area contributed by atoms with Crippen molar-refractivity contribution in [2.45, 2.75) is 13.0 Å². The van der Waals surface area contributed by atoms with Crippen LogP contribution in [0.5, 0.6) is 5.88 Å². The number of hydrogen-bond donors (Lipinski definition) is 1. The molecule has 0 saturated heterocycles. The number of hydrogen-bond acceptors (Lipinski definition) is 4. The molecule has 4 rings (SSSR count). The van der Waals surface area contributed by atoms with Gasteiger partial charge in [-0.25, -0.2) is 0 Å². The number of rotatable bonds is 3. The topological polar surface area (TPSA) is 58.4 Å². The van der Waals surface area contributed by atoms with E-state index in [1.807, 2.05) is 35.2 Å². The SMILES string of the molecule is O=c1c(Cc2ccccc2Cl)c(O)nc2n1CCN2c1ccc(Cl)cc1. The lowest BCUT2D eigenvalue weighted by molar-refractivity contribution is 0.442. The number of benzene rings is 2. The summed E-state index contributed by atoms with van der Waals surface area (Å²) in [6.07, 6.45) is 0.235. The van der Waals surface area contributed by atoms with Crippen molar-refractivity contribution in [3.8, 4) is 5.88 Å². The van der Waals surface area contributed by atoms with E-state index in [1.54, 1.807) is 22.8 Å².